The van der Waals surface area contributed by atoms with Crippen molar-refractivity contribution in [3.63, 3.8) is 0 Å². The van der Waals surface area contributed by atoms with E-state index < -0.39 is 11.9 Å². The van der Waals surface area contributed by atoms with Gasteiger partial charge in [-0.05, 0) is 70.5 Å². The zero-order chi connectivity index (χ0) is 20.3. The molecule has 0 radical (unpaired) electrons. The van der Waals surface area contributed by atoms with Crippen LogP contribution >= 0.6 is 27.3 Å². The van der Waals surface area contributed by atoms with Gasteiger partial charge in [-0.3, -0.25) is 4.79 Å². The molecule has 0 aliphatic carbocycles. The fourth-order valence-corrected chi connectivity index (χ4v) is 3.60. The Morgan fingerprint density at radius 1 is 0.857 bits per heavy atom. The topological polar surface area (TPSA) is 113 Å². The lowest BCUT2D eigenvalue weighted by Gasteiger charge is -2.09. The van der Waals surface area contributed by atoms with E-state index in [0.29, 0.717) is 16.3 Å². The molecule has 7 nitrogen and oxygen atoms in total. The van der Waals surface area contributed by atoms with Gasteiger partial charge in [0, 0.05) is 5.69 Å². The number of amides is 1. The average Bonchev–Trinajstić information content (AvgIpc) is 3.09. The van der Waals surface area contributed by atoms with Crippen molar-refractivity contribution < 1.29 is 29.3 Å². The van der Waals surface area contributed by atoms with Crippen LogP contribution in [0.25, 0.3) is 0 Å². The molecule has 1 amide bonds. The van der Waals surface area contributed by atoms with Gasteiger partial charge in [0.05, 0.1) is 19.8 Å². The zero-order valence-electron chi connectivity index (χ0n) is 14.0. The van der Waals surface area contributed by atoms with Crippen LogP contribution in [0.5, 0.6) is 11.5 Å². The standard InChI is InChI=1S/C19H12BrNO6S/c20-16-8-7-15(28-16)17(22)21-10-1-3-11(4-2-10)27-12-5-6-13(18(23)24)14(9-12)19(25)26/h1-9H,(H,21,22)(H,23,24)(H,25,26). The van der Waals surface area contributed by atoms with Crippen LogP contribution in [0, 0.1) is 0 Å². The normalized spacial score (nSPS) is 10.3. The maximum Gasteiger partial charge on any atom is 0.336 e. The smallest absolute Gasteiger partial charge is 0.336 e. The second-order valence-corrected chi connectivity index (χ2v) is 7.97. The molecule has 0 bridgehead atoms. The number of carbonyl (C=O) groups excluding carboxylic acids is 1. The molecule has 0 spiro atoms. The number of carboxylic acid groups (broad SMARTS) is 2. The first-order valence-corrected chi connectivity index (χ1v) is 9.39. The molecule has 3 aromatic rings. The van der Waals surface area contributed by atoms with Crippen LogP contribution < -0.4 is 10.1 Å². The van der Waals surface area contributed by atoms with E-state index in [1.54, 1.807) is 36.4 Å². The molecular formula is C19H12BrNO6S. The minimum absolute atomic E-state index is 0.183. The van der Waals surface area contributed by atoms with Crippen LogP contribution in [-0.2, 0) is 0 Å². The van der Waals surface area contributed by atoms with Crippen LogP contribution in [0.1, 0.15) is 30.4 Å². The molecule has 0 atom stereocenters. The predicted molar refractivity (Wildman–Crippen MR) is 107 cm³/mol. The lowest BCUT2D eigenvalue weighted by Crippen LogP contribution is -2.09. The Balaban J connectivity index is 1.72. The summed E-state index contributed by atoms with van der Waals surface area (Å²) in [7, 11) is 0. The van der Waals surface area contributed by atoms with Crippen LogP contribution in [0.3, 0.4) is 0 Å². The number of benzene rings is 2. The monoisotopic (exact) mass is 461 g/mol. The van der Waals surface area contributed by atoms with Gasteiger partial charge >= 0.3 is 11.9 Å². The maximum absolute atomic E-state index is 12.1. The molecule has 0 aliphatic rings. The van der Waals surface area contributed by atoms with Crippen molar-refractivity contribution in [2.45, 2.75) is 0 Å². The zero-order valence-corrected chi connectivity index (χ0v) is 16.4. The van der Waals surface area contributed by atoms with Crippen molar-refractivity contribution in [3.05, 3.63) is 74.4 Å². The molecule has 1 heterocycles. The van der Waals surface area contributed by atoms with Crippen molar-refractivity contribution in [3.8, 4) is 11.5 Å². The molecule has 3 rings (SSSR count). The number of carbonyl (C=O) groups is 3. The first-order valence-electron chi connectivity index (χ1n) is 7.79. The second kappa shape index (κ2) is 8.24. The summed E-state index contributed by atoms with van der Waals surface area (Å²) in [5, 5.41) is 21.0. The number of aromatic carboxylic acids is 2. The van der Waals surface area contributed by atoms with Crippen molar-refractivity contribution in [1.82, 2.24) is 0 Å². The molecule has 2 aromatic carbocycles. The number of ether oxygens (including phenoxy) is 1. The van der Waals surface area contributed by atoms with Crippen LogP contribution in [0.2, 0.25) is 0 Å². The van der Waals surface area contributed by atoms with Gasteiger partial charge in [0.2, 0.25) is 0 Å². The van der Waals surface area contributed by atoms with E-state index in [1.807, 2.05) is 0 Å². The Hall–Kier alpha value is -3.17. The van der Waals surface area contributed by atoms with E-state index in [-0.39, 0.29) is 22.8 Å². The van der Waals surface area contributed by atoms with Crippen molar-refractivity contribution in [2.75, 3.05) is 5.32 Å². The maximum atomic E-state index is 12.1. The van der Waals surface area contributed by atoms with Gasteiger partial charge in [-0.15, -0.1) is 11.3 Å². The van der Waals surface area contributed by atoms with Gasteiger partial charge < -0.3 is 20.3 Å². The van der Waals surface area contributed by atoms with E-state index in [9.17, 15) is 14.4 Å². The largest absolute Gasteiger partial charge is 0.478 e. The van der Waals surface area contributed by atoms with Gasteiger partial charge in [0.1, 0.15) is 11.5 Å². The average molecular weight is 462 g/mol. The number of rotatable bonds is 6. The van der Waals surface area contributed by atoms with Gasteiger partial charge in [-0.1, -0.05) is 0 Å². The highest BCUT2D eigenvalue weighted by molar-refractivity contribution is 9.11. The molecule has 0 aliphatic heterocycles. The van der Waals surface area contributed by atoms with E-state index in [4.69, 9.17) is 14.9 Å². The van der Waals surface area contributed by atoms with Gasteiger partial charge in [-0.25, -0.2) is 9.59 Å². The van der Waals surface area contributed by atoms with Gasteiger partial charge in [0.25, 0.3) is 5.91 Å². The number of hydrogen-bond donors (Lipinski definition) is 3. The first-order chi connectivity index (χ1) is 13.3. The van der Waals surface area contributed by atoms with E-state index >= 15 is 0 Å². The summed E-state index contributed by atoms with van der Waals surface area (Å²) in [4.78, 5) is 35.0. The Bertz CT molecular complexity index is 1060. The quantitative estimate of drug-likeness (QED) is 0.478. The second-order valence-electron chi connectivity index (χ2n) is 5.50. The summed E-state index contributed by atoms with van der Waals surface area (Å²) in [6.07, 6.45) is 0. The number of anilines is 1. The first kappa shape index (κ1) is 19.6. The number of halogens is 1. The third-order valence-corrected chi connectivity index (χ3v) is 5.22. The summed E-state index contributed by atoms with van der Waals surface area (Å²) >= 11 is 4.62. The highest BCUT2D eigenvalue weighted by Gasteiger charge is 2.17. The SMILES string of the molecule is O=C(Nc1ccc(Oc2ccc(C(=O)O)c(C(=O)O)c2)cc1)c1ccc(Br)s1. The lowest BCUT2D eigenvalue weighted by atomic mass is 10.1. The van der Waals surface area contributed by atoms with Crippen molar-refractivity contribution >= 4 is 50.8 Å². The van der Waals surface area contributed by atoms with Crippen molar-refractivity contribution in [2.24, 2.45) is 0 Å². The summed E-state index contributed by atoms with van der Waals surface area (Å²) in [6, 6.07) is 13.7. The Labute approximate surface area is 171 Å². The fourth-order valence-electron chi connectivity index (χ4n) is 2.32. The minimum atomic E-state index is -1.36. The Morgan fingerprint density at radius 3 is 2.07 bits per heavy atom. The van der Waals surface area contributed by atoms with Crippen LogP contribution in [-0.4, -0.2) is 28.1 Å². The van der Waals surface area contributed by atoms with E-state index in [1.165, 1.54) is 23.5 Å². The highest BCUT2D eigenvalue weighted by atomic mass is 79.9. The van der Waals surface area contributed by atoms with Gasteiger partial charge in [0.15, 0.2) is 0 Å². The molecule has 0 fully saturated rings. The number of hydrogen-bond acceptors (Lipinski definition) is 5. The summed E-state index contributed by atoms with van der Waals surface area (Å²) < 4.78 is 6.44. The van der Waals surface area contributed by atoms with E-state index in [0.717, 1.165) is 9.85 Å². The molecule has 0 saturated heterocycles. The third-order valence-electron chi connectivity index (χ3n) is 3.60. The van der Waals surface area contributed by atoms with Gasteiger partial charge in [-0.2, -0.15) is 0 Å². The molecule has 0 saturated carbocycles. The van der Waals surface area contributed by atoms with Crippen LogP contribution in [0.15, 0.2) is 58.4 Å². The molecule has 1 aromatic heterocycles. The van der Waals surface area contributed by atoms with Crippen LogP contribution in [0.4, 0.5) is 5.69 Å². The molecular weight excluding hydrogens is 450 g/mol. The Morgan fingerprint density at radius 2 is 1.50 bits per heavy atom. The predicted octanol–water partition coefficient (Wildman–Crippen LogP) is 4.95. The molecule has 9 heteroatoms. The summed E-state index contributed by atoms with van der Waals surface area (Å²) in [5.41, 5.74) is -0.122. The molecule has 3 N–H and O–H groups in total. The summed E-state index contributed by atoms with van der Waals surface area (Å²) in [5.74, 6) is -2.35. The third kappa shape index (κ3) is 4.56. The molecule has 0 unspecified atom stereocenters. The van der Waals surface area contributed by atoms with Crippen molar-refractivity contribution in [1.29, 1.82) is 0 Å². The number of nitrogens with one attached hydrogen (secondary N) is 1. The minimum Gasteiger partial charge on any atom is -0.478 e. The number of carboxylic acids is 2. The Kier molecular flexibility index (Phi) is 5.76. The molecule has 142 valence electrons. The molecule has 28 heavy (non-hydrogen) atoms. The number of thiophene rings is 1. The fraction of sp³-hybridized carbons (Fsp3) is 0. The lowest BCUT2D eigenvalue weighted by molar-refractivity contribution is 0.0651. The van der Waals surface area contributed by atoms with E-state index in [2.05, 4.69) is 21.2 Å². The highest BCUT2D eigenvalue weighted by Crippen LogP contribution is 2.27. The summed E-state index contributed by atoms with van der Waals surface area (Å²) in [6.45, 7) is 0.